The van der Waals surface area contributed by atoms with Crippen molar-refractivity contribution in [3.63, 3.8) is 0 Å². The number of hydrogen-bond donors (Lipinski definition) is 0. The van der Waals surface area contributed by atoms with Crippen LogP contribution in [0.4, 0.5) is 0 Å². The molecule has 0 aliphatic rings. The molecule has 1 radical (unpaired) electrons. The summed E-state index contributed by atoms with van der Waals surface area (Å²) >= 11 is 0. The molecule has 1 atom stereocenters. The van der Waals surface area contributed by atoms with Gasteiger partial charge in [0.05, 0.1) is 12.5 Å². The molecule has 0 aliphatic heterocycles. The third kappa shape index (κ3) is 4.53. The van der Waals surface area contributed by atoms with Gasteiger partial charge in [-0.1, -0.05) is 6.92 Å². The second-order valence-corrected chi connectivity index (χ2v) is 2.34. The van der Waals surface area contributed by atoms with Gasteiger partial charge >= 0.3 is 5.97 Å². The highest BCUT2D eigenvalue weighted by atomic mass is 16.5. The molecule has 0 bridgehead atoms. The fraction of sp³-hybridized carbons (Fsp3) is 0.750. The number of carbonyl (C=O) groups is 1. The first-order valence-corrected chi connectivity index (χ1v) is 3.74. The van der Waals surface area contributed by atoms with E-state index in [4.69, 9.17) is 4.74 Å². The zero-order valence-corrected chi connectivity index (χ0v) is 6.92. The van der Waals surface area contributed by atoms with E-state index < -0.39 is 0 Å². The van der Waals surface area contributed by atoms with Crippen LogP contribution in [0.25, 0.3) is 0 Å². The standard InChI is InChI=1S/C8H13O3/c1-3-11-8(10)7(2)5-4-6-9/h7H,3-5H2,1-2H3. The number of rotatable bonds is 5. The average Bonchev–Trinajstić information content (AvgIpc) is 2.00. The van der Waals surface area contributed by atoms with E-state index in [1.165, 1.54) is 0 Å². The molecule has 0 amide bonds. The third-order valence-electron chi connectivity index (χ3n) is 1.37. The minimum absolute atomic E-state index is 0.184. The van der Waals surface area contributed by atoms with Crippen LogP contribution in [0.1, 0.15) is 26.7 Å². The summed E-state index contributed by atoms with van der Waals surface area (Å²) < 4.78 is 4.73. The van der Waals surface area contributed by atoms with Crippen molar-refractivity contribution in [2.24, 2.45) is 5.92 Å². The van der Waals surface area contributed by atoms with Crippen LogP contribution < -0.4 is 0 Å². The molecule has 11 heavy (non-hydrogen) atoms. The van der Waals surface area contributed by atoms with Gasteiger partial charge in [0.1, 0.15) is 0 Å². The highest BCUT2D eigenvalue weighted by molar-refractivity contribution is 5.72. The Balaban J connectivity index is 3.54. The van der Waals surface area contributed by atoms with Gasteiger partial charge in [-0.3, -0.25) is 9.59 Å². The Morgan fingerprint density at radius 2 is 2.27 bits per heavy atom. The molecule has 0 fully saturated rings. The van der Waals surface area contributed by atoms with E-state index in [0.29, 0.717) is 19.4 Å². The van der Waals surface area contributed by atoms with Gasteiger partial charge < -0.3 is 4.74 Å². The van der Waals surface area contributed by atoms with Gasteiger partial charge in [-0.25, -0.2) is 0 Å². The summed E-state index contributed by atoms with van der Waals surface area (Å²) in [5.74, 6) is -0.417. The first-order valence-electron chi connectivity index (χ1n) is 3.74. The van der Waals surface area contributed by atoms with Gasteiger partial charge in [-0.15, -0.1) is 0 Å². The zero-order valence-electron chi connectivity index (χ0n) is 6.92. The quantitative estimate of drug-likeness (QED) is 0.561. The van der Waals surface area contributed by atoms with Crippen LogP contribution in [0, 0.1) is 5.92 Å². The molecule has 0 aliphatic carbocycles. The van der Waals surface area contributed by atoms with Crippen LogP contribution in [0.5, 0.6) is 0 Å². The minimum atomic E-state index is -0.234. The van der Waals surface area contributed by atoms with E-state index in [-0.39, 0.29) is 11.9 Å². The van der Waals surface area contributed by atoms with Crippen molar-refractivity contribution in [3.05, 3.63) is 0 Å². The third-order valence-corrected chi connectivity index (χ3v) is 1.37. The van der Waals surface area contributed by atoms with Gasteiger partial charge in [-0.05, 0) is 13.3 Å². The Labute approximate surface area is 66.7 Å². The van der Waals surface area contributed by atoms with Crippen molar-refractivity contribution < 1.29 is 14.3 Å². The Morgan fingerprint density at radius 1 is 1.64 bits per heavy atom. The predicted molar refractivity (Wildman–Crippen MR) is 40.7 cm³/mol. The van der Waals surface area contributed by atoms with Crippen LogP contribution in [0.3, 0.4) is 0 Å². The van der Waals surface area contributed by atoms with Crippen molar-refractivity contribution in [1.82, 2.24) is 0 Å². The first kappa shape index (κ1) is 10.1. The van der Waals surface area contributed by atoms with Gasteiger partial charge in [0, 0.05) is 6.42 Å². The molecule has 0 aromatic carbocycles. The lowest BCUT2D eigenvalue weighted by Crippen LogP contribution is -2.14. The van der Waals surface area contributed by atoms with Gasteiger partial charge in [0.25, 0.3) is 0 Å². The lowest BCUT2D eigenvalue weighted by Gasteiger charge is -2.07. The van der Waals surface area contributed by atoms with E-state index in [2.05, 4.69) is 0 Å². The van der Waals surface area contributed by atoms with E-state index in [1.54, 1.807) is 20.1 Å². The van der Waals surface area contributed by atoms with Crippen molar-refractivity contribution in [2.75, 3.05) is 6.61 Å². The molecular formula is C8H13O3. The summed E-state index contributed by atoms with van der Waals surface area (Å²) in [6.07, 6.45) is 2.57. The Morgan fingerprint density at radius 3 is 2.73 bits per heavy atom. The summed E-state index contributed by atoms with van der Waals surface area (Å²) in [4.78, 5) is 20.7. The number of ether oxygens (including phenoxy) is 1. The second kappa shape index (κ2) is 5.89. The Kier molecular flexibility index (Phi) is 5.43. The van der Waals surface area contributed by atoms with E-state index in [9.17, 15) is 9.59 Å². The molecule has 0 spiro atoms. The first-order chi connectivity index (χ1) is 5.22. The maximum Gasteiger partial charge on any atom is 0.308 e. The van der Waals surface area contributed by atoms with Gasteiger partial charge in [0.2, 0.25) is 0 Å². The molecule has 0 aromatic heterocycles. The summed E-state index contributed by atoms with van der Waals surface area (Å²) in [7, 11) is 0. The summed E-state index contributed by atoms with van der Waals surface area (Å²) in [5.41, 5.74) is 0. The highest BCUT2D eigenvalue weighted by Crippen LogP contribution is 2.05. The fourth-order valence-electron chi connectivity index (χ4n) is 0.678. The van der Waals surface area contributed by atoms with Crippen LogP contribution in [0.2, 0.25) is 0 Å². The maximum atomic E-state index is 10.9. The number of carbonyl (C=O) groups excluding carboxylic acids is 2. The summed E-state index contributed by atoms with van der Waals surface area (Å²) in [5, 5.41) is 0. The largest absolute Gasteiger partial charge is 0.466 e. The van der Waals surface area contributed by atoms with Crippen molar-refractivity contribution in [1.29, 1.82) is 0 Å². The van der Waals surface area contributed by atoms with Crippen LogP contribution in [-0.2, 0) is 14.3 Å². The Hall–Kier alpha value is -0.860. The van der Waals surface area contributed by atoms with Gasteiger partial charge in [0.15, 0.2) is 6.29 Å². The van der Waals surface area contributed by atoms with Gasteiger partial charge in [-0.2, -0.15) is 0 Å². The zero-order chi connectivity index (χ0) is 8.69. The minimum Gasteiger partial charge on any atom is -0.466 e. The lowest BCUT2D eigenvalue weighted by atomic mass is 10.1. The SMILES string of the molecule is CCOC(=O)C(C)CC[C]=O. The second-order valence-electron chi connectivity index (χ2n) is 2.34. The normalized spacial score (nSPS) is 12.2. The topological polar surface area (TPSA) is 43.4 Å². The number of hydrogen-bond acceptors (Lipinski definition) is 3. The van der Waals surface area contributed by atoms with E-state index in [1.807, 2.05) is 0 Å². The smallest absolute Gasteiger partial charge is 0.308 e. The summed E-state index contributed by atoms with van der Waals surface area (Å²) in [6, 6.07) is 0. The maximum absolute atomic E-state index is 10.9. The van der Waals surface area contributed by atoms with Crippen molar-refractivity contribution in [2.45, 2.75) is 26.7 Å². The number of esters is 1. The lowest BCUT2D eigenvalue weighted by molar-refractivity contribution is -0.147. The molecule has 0 aromatic rings. The molecule has 63 valence electrons. The summed E-state index contributed by atoms with van der Waals surface area (Å²) in [6.45, 7) is 3.90. The van der Waals surface area contributed by atoms with Crippen molar-refractivity contribution >= 4 is 12.3 Å². The fourth-order valence-corrected chi connectivity index (χ4v) is 0.678. The Bertz CT molecular complexity index is 131. The molecule has 0 saturated heterocycles. The van der Waals surface area contributed by atoms with Crippen molar-refractivity contribution in [3.8, 4) is 0 Å². The van der Waals surface area contributed by atoms with Crippen LogP contribution in [-0.4, -0.2) is 18.9 Å². The van der Waals surface area contributed by atoms with Crippen LogP contribution >= 0.6 is 0 Å². The molecule has 0 saturated carbocycles. The molecule has 3 heteroatoms. The van der Waals surface area contributed by atoms with Crippen LogP contribution in [0.15, 0.2) is 0 Å². The molecule has 0 rings (SSSR count). The average molecular weight is 157 g/mol. The van der Waals surface area contributed by atoms with E-state index in [0.717, 1.165) is 0 Å². The van der Waals surface area contributed by atoms with E-state index >= 15 is 0 Å². The predicted octanol–water partition coefficient (Wildman–Crippen LogP) is 1.08. The molecule has 1 unspecified atom stereocenters. The highest BCUT2D eigenvalue weighted by Gasteiger charge is 2.12. The molecular weight excluding hydrogens is 144 g/mol. The molecule has 0 heterocycles. The molecule has 3 nitrogen and oxygen atoms in total. The monoisotopic (exact) mass is 157 g/mol. The molecule has 0 N–H and O–H groups in total.